The van der Waals surface area contributed by atoms with E-state index in [0.717, 1.165) is 49.6 Å². The Bertz CT molecular complexity index is 3490. The zero-order valence-electron chi connectivity index (χ0n) is 32.4. The van der Waals surface area contributed by atoms with Crippen molar-refractivity contribution in [3.63, 3.8) is 0 Å². The summed E-state index contributed by atoms with van der Waals surface area (Å²) in [5.41, 5.74) is 11.1. The molecule has 0 radical (unpaired) electrons. The van der Waals surface area contributed by atoms with Crippen molar-refractivity contribution in [2.45, 2.75) is 51.4 Å². The summed E-state index contributed by atoms with van der Waals surface area (Å²) in [5, 5.41) is 9.31. The molecule has 0 saturated heterocycles. The quantitative estimate of drug-likeness (QED) is 0.180. The highest BCUT2D eigenvalue weighted by Gasteiger charge is 2.38. The van der Waals surface area contributed by atoms with Crippen LogP contribution < -0.4 is 0 Å². The van der Waals surface area contributed by atoms with E-state index in [0.29, 0.717) is 11.5 Å². The van der Waals surface area contributed by atoms with Gasteiger partial charge in [-0.2, -0.15) is 4.98 Å². The summed E-state index contributed by atoms with van der Waals surface area (Å²) < 4.78 is 11.5. The number of furan rings is 1. The van der Waals surface area contributed by atoms with Crippen molar-refractivity contribution in [3.8, 4) is 28.3 Å². The molecule has 0 bridgehead atoms. The Hall–Kier alpha value is -6.30. The highest BCUT2D eigenvalue weighted by Crippen LogP contribution is 2.49. The largest absolute Gasteiger partial charge is 0.438 e. The summed E-state index contributed by atoms with van der Waals surface area (Å²) in [4.78, 5) is 10.6. The van der Waals surface area contributed by atoms with Crippen LogP contribution in [0.4, 0.5) is 0 Å². The van der Waals surface area contributed by atoms with Crippen molar-refractivity contribution in [2.24, 2.45) is 0 Å². The lowest BCUT2D eigenvalue weighted by molar-refractivity contribution is 0.332. The Labute approximate surface area is 334 Å². The summed E-state index contributed by atoms with van der Waals surface area (Å²) in [5.74, 6) is 0.651. The van der Waals surface area contributed by atoms with Crippen molar-refractivity contribution in [1.82, 2.24) is 14.5 Å². The normalized spacial score (nSPS) is 15.2. The van der Waals surface area contributed by atoms with Gasteiger partial charge >= 0.3 is 0 Å². The first-order valence-electron chi connectivity index (χ1n) is 19.9. The molecule has 5 heteroatoms. The number of para-hydroxylation sites is 2. The molecular weight excluding hydrogens is 715 g/mol. The maximum absolute atomic E-state index is 6.50. The summed E-state index contributed by atoms with van der Waals surface area (Å²) >= 11 is 1.83. The van der Waals surface area contributed by atoms with Gasteiger partial charge in [-0.3, -0.25) is 0 Å². The Morgan fingerprint density at radius 1 is 0.561 bits per heavy atom. The molecular formula is C52H39N3OS. The molecule has 1 aliphatic carbocycles. The van der Waals surface area contributed by atoms with E-state index >= 15 is 0 Å². The Morgan fingerprint density at radius 2 is 1.30 bits per heavy atom. The average Bonchev–Trinajstić information content (AvgIpc) is 3.90. The van der Waals surface area contributed by atoms with Crippen molar-refractivity contribution < 1.29 is 4.42 Å². The molecule has 0 N–H and O–H groups in total. The second-order valence-electron chi connectivity index (χ2n) is 17.2. The zero-order chi connectivity index (χ0) is 38.2. The van der Waals surface area contributed by atoms with Gasteiger partial charge in [-0.1, -0.05) is 113 Å². The van der Waals surface area contributed by atoms with Crippen LogP contribution in [0.25, 0.3) is 103 Å². The van der Waals surface area contributed by atoms with Crippen molar-refractivity contribution in [3.05, 3.63) is 151 Å². The van der Waals surface area contributed by atoms with Gasteiger partial charge in [0.15, 0.2) is 5.82 Å². The second kappa shape index (κ2) is 11.6. The minimum Gasteiger partial charge on any atom is -0.438 e. The molecule has 0 atom stereocenters. The van der Waals surface area contributed by atoms with E-state index in [4.69, 9.17) is 14.4 Å². The number of hydrogen-bond donors (Lipinski definition) is 0. The molecule has 274 valence electrons. The van der Waals surface area contributed by atoms with Crippen LogP contribution in [0.1, 0.15) is 51.7 Å². The van der Waals surface area contributed by atoms with E-state index in [1.807, 2.05) is 23.5 Å². The van der Waals surface area contributed by atoms with Gasteiger partial charge in [-0.15, -0.1) is 11.3 Å². The number of aromatic nitrogens is 3. The lowest BCUT2D eigenvalue weighted by Gasteiger charge is -2.42. The first-order valence-corrected chi connectivity index (χ1v) is 20.8. The third-order valence-electron chi connectivity index (χ3n) is 12.9. The zero-order valence-corrected chi connectivity index (χ0v) is 33.2. The smallest absolute Gasteiger partial charge is 0.231 e. The molecule has 0 fully saturated rings. The Morgan fingerprint density at radius 3 is 2.16 bits per heavy atom. The molecule has 4 nitrogen and oxygen atoms in total. The lowest BCUT2D eigenvalue weighted by atomic mass is 9.63. The maximum Gasteiger partial charge on any atom is 0.231 e. The summed E-state index contributed by atoms with van der Waals surface area (Å²) in [7, 11) is 0. The number of benzene rings is 7. The van der Waals surface area contributed by atoms with Crippen LogP contribution in [0, 0.1) is 0 Å². The van der Waals surface area contributed by atoms with Crippen LogP contribution in [-0.4, -0.2) is 14.5 Å². The summed E-state index contributed by atoms with van der Waals surface area (Å²) in [6.45, 7) is 9.65. The summed E-state index contributed by atoms with van der Waals surface area (Å²) in [6, 6.07) is 50.8. The van der Waals surface area contributed by atoms with E-state index in [-0.39, 0.29) is 10.8 Å². The van der Waals surface area contributed by atoms with Crippen LogP contribution in [0.3, 0.4) is 0 Å². The molecule has 0 saturated carbocycles. The van der Waals surface area contributed by atoms with Crippen LogP contribution in [0.15, 0.2) is 144 Å². The fourth-order valence-corrected chi connectivity index (χ4v) is 10.8. The minimum absolute atomic E-state index is 0.113. The van der Waals surface area contributed by atoms with Crippen LogP contribution in [0.2, 0.25) is 0 Å². The van der Waals surface area contributed by atoms with Gasteiger partial charge < -0.3 is 8.98 Å². The minimum atomic E-state index is 0.113. The molecule has 0 aliphatic heterocycles. The topological polar surface area (TPSA) is 43.9 Å². The van der Waals surface area contributed by atoms with Crippen molar-refractivity contribution in [1.29, 1.82) is 0 Å². The van der Waals surface area contributed by atoms with E-state index < -0.39 is 0 Å². The number of fused-ring (bicyclic) bond motifs is 11. The molecule has 0 spiro atoms. The third kappa shape index (κ3) is 4.79. The van der Waals surface area contributed by atoms with Gasteiger partial charge in [0.05, 0.1) is 22.1 Å². The van der Waals surface area contributed by atoms with Gasteiger partial charge in [0.1, 0.15) is 5.58 Å². The predicted octanol–water partition coefficient (Wildman–Crippen LogP) is 14.7. The van der Waals surface area contributed by atoms with Crippen LogP contribution in [0.5, 0.6) is 0 Å². The van der Waals surface area contributed by atoms with Crippen molar-refractivity contribution >= 4 is 86.2 Å². The molecule has 7 aromatic carbocycles. The van der Waals surface area contributed by atoms with Crippen molar-refractivity contribution in [2.75, 3.05) is 0 Å². The number of thiophene rings is 1. The first-order chi connectivity index (χ1) is 27.7. The van der Waals surface area contributed by atoms with Gasteiger partial charge in [-0.25, -0.2) is 4.98 Å². The summed E-state index contributed by atoms with van der Waals surface area (Å²) in [6.07, 6.45) is 2.38. The predicted molar refractivity (Wildman–Crippen MR) is 240 cm³/mol. The molecule has 12 rings (SSSR count). The molecule has 0 unspecified atom stereocenters. The van der Waals surface area contributed by atoms with Crippen LogP contribution >= 0.6 is 11.3 Å². The second-order valence-corrected chi connectivity index (χ2v) is 18.3. The van der Waals surface area contributed by atoms with Gasteiger partial charge in [-0.05, 0) is 100 Å². The SMILES string of the molecule is CC1(C)CCC(C)(C)c2cc3c(cc21)c1ccccc1n3-c1ccc2c(-c3nc(-c4ccc5sc6ccccc6c5c4)c4c(n3)oc3ccccc34)cccc2c1. The Balaban J connectivity index is 1.06. The molecule has 4 heterocycles. The number of hydrogen-bond acceptors (Lipinski definition) is 4. The van der Waals surface area contributed by atoms with Gasteiger partial charge in [0.2, 0.25) is 5.71 Å². The molecule has 4 aromatic heterocycles. The fourth-order valence-electron chi connectivity index (χ4n) is 9.74. The lowest BCUT2D eigenvalue weighted by Crippen LogP contribution is -2.33. The monoisotopic (exact) mass is 753 g/mol. The third-order valence-corrected chi connectivity index (χ3v) is 14.0. The first kappa shape index (κ1) is 32.9. The Kier molecular flexibility index (Phi) is 6.71. The van der Waals surface area contributed by atoms with Crippen LogP contribution in [-0.2, 0) is 10.8 Å². The number of rotatable bonds is 3. The maximum atomic E-state index is 6.50. The molecule has 1 aliphatic rings. The van der Waals surface area contributed by atoms with Gasteiger partial charge in [0, 0.05) is 53.1 Å². The average molecular weight is 754 g/mol. The fraction of sp³-hybridized carbons (Fsp3) is 0.154. The van der Waals surface area contributed by atoms with E-state index in [2.05, 4.69) is 160 Å². The molecule has 11 aromatic rings. The van der Waals surface area contributed by atoms with E-state index in [1.54, 1.807) is 0 Å². The van der Waals surface area contributed by atoms with E-state index in [9.17, 15) is 0 Å². The molecule has 0 amide bonds. The van der Waals surface area contributed by atoms with E-state index in [1.165, 1.54) is 65.9 Å². The number of nitrogens with zero attached hydrogens (tertiary/aromatic N) is 3. The van der Waals surface area contributed by atoms with Gasteiger partial charge in [0.25, 0.3) is 0 Å². The highest BCUT2D eigenvalue weighted by molar-refractivity contribution is 7.25. The standard InChI is InChI=1S/C52H39N3OS/c1-51(2)24-25-52(3,4)41-29-43-38(28-40(41)51)34-13-5-8-17-42(34)55(43)32-21-22-33-30(26-32)12-11-16-36(33)49-53-48(47-37-15-6-9-18-44(37)56-50(47)54-49)31-20-23-46-39(27-31)35-14-7-10-19-45(35)57-46/h5-23,26-29H,24-25H2,1-4H3. The molecule has 57 heavy (non-hydrogen) atoms. The highest BCUT2D eigenvalue weighted by atomic mass is 32.1.